The van der Waals surface area contributed by atoms with Gasteiger partial charge in [0.2, 0.25) is 5.91 Å². The largest absolute Gasteiger partial charge is 0.325 e. The van der Waals surface area contributed by atoms with Crippen molar-refractivity contribution in [2.24, 2.45) is 0 Å². The van der Waals surface area contributed by atoms with Crippen molar-refractivity contribution in [1.82, 2.24) is 10.2 Å². The molecule has 1 unspecified atom stereocenters. The highest BCUT2D eigenvalue weighted by molar-refractivity contribution is 5.93. The van der Waals surface area contributed by atoms with Gasteiger partial charge >= 0.3 is 0 Å². The predicted octanol–water partition coefficient (Wildman–Crippen LogP) is 2.04. The van der Waals surface area contributed by atoms with Gasteiger partial charge in [-0.25, -0.2) is 0 Å². The van der Waals surface area contributed by atoms with E-state index in [1.165, 1.54) is 5.56 Å². The van der Waals surface area contributed by atoms with Gasteiger partial charge in [0.25, 0.3) is 0 Å². The molecule has 1 aromatic rings. The first-order chi connectivity index (χ1) is 9.58. The Morgan fingerprint density at radius 1 is 1.45 bits per heavy atom. The molecule has 4 heteroatoms. The predicted molar refractivity (Wildman–Crippen MR) is 83.1 cm³/mol. The van der Waals surface area contributed by atoms with Crippen LogP contribution in [0.2, 0.25) is 0 Å². The fourth-order valence-electron chi connectivity index (χ4n) is 2.68. The molecule has 110 valence electrons. The molecule has 0 bridgehead atoms. The third-order valence-corrected chi connectivity index (χ3v) is 3.91. The highest BCUT2D eigenvalue weighted by Crippen LogP contribution is 2.23. The summed E-state index contributed by atoms with van der Waals surface area (Å²) in [5.74, 6) is 0.468. The normalized spacial score (nSPS) is 18.8. The van der Waals surface area contributed by atoms with Gasteiger partial charge in [-0.05, 0) is 37.6 Å². The Morgan fingerprint density at radius 3 is 2.85 bits per heavy atom. The average Bonchev–Trinajstić information content (AvgIpc) is 2.92. The minimum absolute atomic E-state index is 0.0625. The second-order valence-electron chi connectivity index (χ2n) is 5.85. The van der Waals surface area contributed by atoms with Crippen LogP contribution in [0.5, 0.6) is 0 Å². The van der Waals surface area contributed by atoms with Crippen molar-refractivity contribution in [1.29, 1.82) is 0 Å². The number of nitrogens with one attached hydrogen (secondary N) is 2. The molecule has 1 aromatic carbocycles. The molecule has 1 aliphatic rings. The Hall–Kier alpha value is -1.39. The number of benzene rings is 1. The van der Waals surface area contributed by atoms with E-state index in [0.29, 0.717) is 18.5 Å². The maximum atomic E-state index is 12.2. The number of anilines is 1. The van der Waals surface area contributed by atoms with Gasteiger partial charge < -0.3 is 10.6 Å². The molecule has 1 amide bonds. The number of rotatable bonds is 5. The molecule has 20 heavy (non-hydrogen) atoms. The summed E-state index contributed by atoms with van der Waals surface area (Å²) in [4.78, 5) is 14.3. The summed E-state index contributed by atoms with van der Waals surface area (Å²) in [6, 6.07) is 8.50. The van der Waals surface area contributed by atoms with Crippen molar-refractivity contribution in [2.75, 3.05) is 32.0 Å². The molecule has 0 spiro atoms. The van der Waals surface area contributed by atoms with Crippen molar-refractivity contribution in [3.05, 3.63) is 29.8 Å². The van der Waals surface area contributed by atoms with Crippen LogP contribution in [-0.2, 0) is 4.79 Å². The number of amides is 1. The SMILES string of the molecule is CC(C)c1ccccc1NC(=O)CN(C)C1CCNC1. The molecule has 1 fully saturated rings. The van der Waals surface area contributed by atoms with Crippen molar-refractivity contribution in [3.8, 4) is 0 Å². The zero-order chi connectivity index (χ0) is 14.5. The van der Waals surface area contributed by atoms with Gasteiger partial charge in [-0.3, -0.25) is 9.69 Å². The molecule has 0 saturated carbocycles. The van der Waals surface area contributed by atoms with Crippen LogP contribution >= 0.6 is 0 Å². The summed E-state index contributed by atoms with van der Waals surface area (Å²) in [6.07, 6.45) is 1.12. The Balaban J connectivity index is 1.94. The van der Waals surface area contributed by atoms with Crippen LogP contribution in [0.4, 0.5) is 5.69 Å². The lowest BCUT2D eigenvalue weighted by Gasteiger charge is -2.23. The number of carbonyl (C=O) groups is 1. The minimum atomic E-state index is 0.0625. The first kappa shape index (κ1) is 15.0. The maximum Gasteiger partial charge on any atom is 0.238 e. The van der Waals surface area contributed by atoms with E-state index in [4.69, 9.17) is 0 Å². The summed E-state index contributed by atoms with van der Waals surface area (Å²) in [7, 11) is 2.02. The van der Waals surface area contributed by atoms with Gasteiger partial charge in [-0.1, -0.05) is 32.0 Å². The van der Waals surface area contributed by atoms with Crippen molar-refractivity contribution < 1.29 is 4.79 Å². The van der Waals surface area contributed by atoms with Crippen molar-refractivity contribution in [3.63, 3.8) is 0 Å². The fourth-order valence-corrected chi connectivity index (χ4v) is 2.68. The zero-order valence-corrected chi connectivity index (χ0v) is 12.6. The van der Waals surface area contributed by atoms with E-state index in [0.717, 1.165) is 25.2 Å². The number of likely N-dealkylation sites (N-methyl/N-ethyl adjacent to an activating group) is 1. The molecule has 2 N–H and O–H groups in total. The fraction of sp³-hybridized carbons (Fsp3) is 0.562. The third-order valence-electron chi connectivity index (χ3n) is 3.91. The number of nitrogens with zero attached hydrogens (tertiary/aromatic N) is 1. The highest BCUT2D eigenvalue weighted by atomic mass is 16.2. The van der Waals surface area contributed by atoms with Crippen LogP contribution < -0.4 is 10.6 Å². The van der Waals surface area contributed by atoms with E-state index in [9.17, 15) is 4.79 Å². The number of carbonyl (C=O) groups excluding carboxylic acids is 1. The molecule has 0 aromatic heterocycles. The molecular formula is C16H25N3O. The third kappa shape index (κ3) is 3.81. The van der Waals surface area contributed by atoms with E-state index in [1.807, 2.05) is 25.2 Å². The number of para-hydroxylation sites is 1. The number of hydrogen-bond donors (Lipinski definition) is 2. The first-order valence-electron chi connectivity index (χ1n) is 7.37. The zero-order valence-electron chi connectivity index (χ0n) is 12.6. The Morgan fingerprint density at radius 2 is 2.20 bits per heavy atom. The maximum absolute atomic E-state index is 12.2. The monoisotopic (exact) mass is 275 g/mol. The van der Waals surface area contributed by atoms with Crippen LogP contribution in [0, 0.1) is 0 Å². The van der Waals surface area contributed by atoms with E-state index in [-0.39, 0.29) is 5.91 Å². The molecule has 0 aliphatic carbocycles. The molecule has 1 aliphatic heterocycles. The quantitative estimate of drug-likeness (QED) is 0.864. The summed E-state index contributed by atoms with van der Waals surface area (Å²) in [5, 5.41) is 6.37. The molecule has 1 heterocycles. The minimum Gasteiger partial charge on any atom is -0.325 e. The van der Waals surface area contributed by atoms with E-state index in [1.54, 1.807) is 0 Å². The summed E-state index contributed by atoms with van der Waals surface area (Å²) in [5.41, 5.74) is 2.12. The first-order valence-corrected chi connectivity index (χ1v) is 7.37. The summed E-state index contributed by atoms with van der Waals surface area (Å²) >= 11 is 0. The highest BCUT2D eigenvalue weighted by Gasteiger charge is 2.21. The summed E-state index contributed by atoms with van der Waals surface area (Å²) in [6.45, 7) is 6.75. The van der Waals surface area contributed by atoms with Crippen LogP contribution in [0.1, 0.15) is 31.7 Å². The van der Waals surface area contributed by atoms with Crippen LogP contribution in [0.3, 0.4) is 0 Å². The second kappa shape index (κ2) is 6.86. The summed E-state index contributed by atoms with van der Waals surface area (Å²) < 4.78 is 0. The van der Waals surface area contributed by atoms with E-state index < -0.39 is 0 Å². The van der Waals surface area contributed by atoms with Gasteiger partial charge in [0, 0.05) is 18.3 Å². The van der Waals surface area contributed by atoms with E-state index in [2.05, 4.69) is 35.4 Å². The van der Waals surface area contributed by atoms with Gasteiger partial charge in [0.1, 0.15) is 0 Å². The lowest BCUT2D eigenvalue weighted by atomic mass is 10.0. The smallest absolute Gasteiger partial charge is 0.238 e. The Labute approximate surface area is 121 Å². The molecule has 1 atom stereocenters. The van der Waals surface area contributed by atoms with Crippen LogP contribution in [0.25, 0.3) is 0 Å². The average molecular weight is 275 g/mol. The van der Waals surface area contributed by atoms with Crippen molar-refractivity contribution >= 4 is 11.6 Å². The lowest BCUT2D eigenvalue weighted by molar-refractivity contribution is -0.117. The molecule has 0 radical (unpaired) electrons. The standard InChI is InChI=1S/C16H25N3O/c1-12(2)14-6-4-5-7-15(14)18-16(20)11-19(3)13-8-9-17-10-13/h4-7,12-13,17H,8-11H2,1-3H3,(H,18,20). The topological polar surface area (TPSA) is 44.4 Å². The lowest BCUT2D eigenvalue weighted by Crippen LogP contribution is -2.39. The second-order valence-corrected chi connectivity index (χ2v) is 5.85. The molecule has 4 nitrogen and oxygen atoms in total. The van der Waals surface area contributed by atoms with Gasteiger partial charge in [0.15, 0.2) is 0 Å². The molecular weight excluding hydrogens is 250 g/mol. The van der Waals surface area contributed by atoms with Crippen LogP contribution in [-0.4, -0.2) is 43.5 Å². The van der Waals surface area contributed by atoms with Gasteiger partial charge in [-0.15, -0.1) is 0 Å². The van der Waals surface area contributed by atoms with Gasteiger partial charge in [-0.2, -0.15) is 0 Å². The molecule has 1 saturated heterocycles. The van der Waals surface area contributed by atoms with Crippen molar-refractivity contribution in [2.45, 2.75) is 32.2 Å². The van der Waals surface area contributed by atoms with E-state index >= 15 is 0 Å². The van der Waals surface area contributed by atoms with Gasteiger partial charge in [0.05, 0.1) is 6.54 Å². The Kier molecular flexibility index (Phi) is 5.15. The Bertz CT molecular complexity index is 453. The molecule has 2 rings (SSSR count). The number of hydrogen-bond acceptors (Lipinski definition) is 3. The van der Waals surface area contributed by atoms with Crippen LogP contribution in [0.15, 0.2) is 24.3 Å².